The number of carboxylic acids is 1. The first-order valence-corrected chi connectivity index (χ1v) is 11.9. The van der Waals surface area contributed by atoms with Crippen LogP contribution in [0.25, 0.3) is 33.7 Å². The molecule has 1 unspecified atom stereocenters. The largest absolute Gasteiger partial charge is 0.481 e. The molecule has 3 fully saturated rings. The Bertz CT molecular complexity index is 1420. The van der Waals surface area contributed by atoms with Gasteiger partial charge in [0.05, 0.1) is 17.8 Å². The number of H-pyrrole nitrogens is 1. The molecule has 0 amide bonds. The average molecular weight is 478 g/mol. The van der Waals surface area contributed by atoms with Crippen LogP contribution in [-0.2, 0) is 11.8 Å². The molecule has 1 aromatic carbocycles. The van der Waals surface area contributed by atoms with Gasteiger partial charge in [0, 0.05) is 35.8 Å². The van der Waals surface area contributed by atoms with E-state index in [1.165, 1.54) is 18.2 Å². The number of carboxylic acid groups (broad SMARTS) is 1. The van der Waals surface area contributed by atoms with Crippen molar-refractivity contribution in [3.63, 3.8) is 0 Å². The summed E-state index contributed by atoms with van der Waals surface area (Å²) in [7, 11) is 1.85. The highest BCUT2D eigenvalue weighted by atomic mass is 19.1. The molecule has 35 heavy (non-hydrogen) atoms. The second-order valence-electron chi connectivity index (χ2n) is 9.66. The van der Waals surface area contributed by atoms with E-state index in [-0.39, 0.29) is 23.7 Å². The summed E-state index contributed by atoms with van der Waals surface area (Å²) in [6, 6.07) is 7.30. The second-order valence-corrected chi connectivity index (χ2v) is 9.66. The molecule has 3 heterocycles. The number of aromatic nitrogens is 4. The van der Waals surface area contributed by atoms with Crippen molar-refractivity contribution in [2.45, 2.75) is 31.7 Å². The summed E-state index contributed by atoms with van der Waals surface area (Å²) in [5, 5.41) is 14.1. The van der Waals surface area contributed by atoms with Crippen LogP contribution in [0.1, 0.15) is 25.7 Å². The Morgan fingerprint density at radius 2 is 1.83 bits per heavy atom. The number of hydrogen-bond donors (Lipinski definition) is 3. The summed E-state index contributed by atoms with van der Waals surface area (Å²) in [5.41, 5.74) is 2.67. The van der Waals surface area contributed by atoms with Crippen LogP contribution in [0, 0.1) is 29.4 Å². The number of carbonyl (C=O) groups is 1. The summed E-state index contributed by atoms with van der Waals surface area (Å²) in [4.78, 5) is 24.3. The van der Waals surface area contributed by atoms with Gasteiger partial charge in [-0.1, -0.05) is 0 Å². The number of fused-ring (bicyclic) bond motifs is 4. The van der Waals surface area contributed by atoms with E-state index in [9.17, 15) is 18.7 Å². The van der Waals surface area contributed by atoms with E-state index in [1.807, 2.05) is 11.6 Å². The summed E-state index contributed by atoms with van der Waals surface area (Å²) < 4.78 is 29.6. The van der Waals surface area contributed by atoms with Gasteiger partial charge < -0.3 is 20.0 Å². The van der Waals surface area contributed by atoms with Crippen molar-refractivity contribution < 1.29 is 18.7 Å². The zero-order chi connectivity index (χ0) is 24.3. The monoisotopic (exact) mass is 477 g/mol. The van der Waals surface area contributed by atoms with E-state index in [0.29, 0.717) is 33.9 Å². The molecule has 3 aliphatic carbocycles. The summed E-state index contributed by atoms with van der Waals surface area (Å²) in [5.74, 6) is -0.564. The molecule has 3 aromatic heterocycles. The Labute approximate surface area is 200 Å². The molecule has 0 saturated heterocycles. The number of aliphatic carboxylic acids is 1. The molecule has 3 saturated carbocycles. The minimum Gasteiger partial charge on any atom is -0.481 e. The molecule has 2 atom stereocenters. The van der Waals surface area contributed by atoms with Crippen LogP contribution in [0.2, 0.25) is 0 Å². The maximum absolute atomic E-state index is 14.0. The molecular weight excluding hydrogens is 452 g/mol. The fraction of sp³-hybridized carbons (Fsp3) is 0.346. The van der Waals surface area contributed by atoms with Gasteiger partial charge in [0.15, 0.2) is 5.82 Å². The van der Waals surface area contributed by atoms with Crippen molar-refractivity contribution in [1.82, 2.24) is 19.5 Å². The van der Waals surface area contributed by atoms with Crippen molar-refractivity contribution in [2.75, 3.05) is 5.32 Å². The van der Waals surface area contributed by atoms with Crippen molar-refractivity contribution >= 4 is 22.8 Å². The van der Waals surface area contributed by atoms with E-state index < -0.39 is 17.7 Å². The van der Waals surface area contributed by atoms with Crippen LogP contribution in [0.15, 0.2) is 42.7 Å². The second kappa shape index (κ2) is 8.18. The fourth-order valence-electron chi connectivity index (χ4n) is 6.11. The highest BCUT2D eigenvalue weighted by molar-refractivity contribution is 5.93. The minimum absolute atomic E-state index is 0.148. The molecule has 2 bridgehead atoms. The van der Waals surface area contributed by atoms with Gasteiger partial charge in [-0.2, -0.15) is 0 Å². The molecule has 0 radical (unpaired) electrons. The topological polar surface area (TPSA) is 95.8 Å². The lowest BCUT2D eigenvalue weighted by molar-refractivity contribution is -0.148. The van der Waals surface area contributed by atoms with E-state index in [1.54, 1.807) is 18.3 Å². The van der Waals surface area contributed by atoms with Crippen LogP contribution >= 0.6 is 0 Å². The number of pyridine rings is 1. The first-order valence-electron chi connectivity index (χ1n) is 11.9. The quantitative estimate of drug-likeness (QED) is 0.367. The molecule has 7 nitrogen and oxygen atoms in total. The number of nitrogens with one attached hydrogen (secondary N) is 2. The highest BCUT2D eigenvalue weighted by Gasteiger charge is 2.47. The number of halogens is 2. The van der Waals surface area contributed by atoms with Crippen LogP contribution in [-0.4, -0.2) is 36.6 Å². The summed E-state index contributed by atoms with van der Waals surface area (Å²) in [6.07, 6.45) is 6.75. The minimum atomic E-state index is -0.783. The predicted molar refractivity (Wildman–Crippen MR) is 128 cm³/mol. The predicted octanol–water partition coefficient (Wildman–Crippen LogP) is 5.21. The lowest BCUT2D eigenvalue weighted by Crippen LogP contribution is -2.51. The Morgan fingerprint density at radius 1 is 1.11 bits per heavy atom. The Kier molecular flexibility index (Phi) is 5.09. The number of benzene rings is 1. The van der Waals surface area contributed by atoms with Crippen molar-refractivity contribution in [2.24, 2.45) is 24.8 Å². The number of rotatable bonds is 5. The van der Waals surface area contributed by atoms with Crippen molar-refractivity contribution in [3.05, 3.63) is 54.4 Å². The normalized spacial score (nSPS) is 23.6. The fourth-order valence-corrected chi connectivity index (χ4v) is 6.11. The molecular formula is C26H25F2N5O2. The maximum atomic E-state index is 14.0. The third-order valence-corrected chi connectivity index (χ3v) is 7.76. The van der Waals surface area contributed by atoms with Crippen LogP contribution < -0.4 is 5.32 Å². The summed E-state index contributed by atoms with van der Waals surface area (Å²) in [6.45, 7) is 0. The van der Waals surface area contributed by atoms with Gasteiger partial charge in [0.1, 0.15) is 23.1 Å². The first-order chi connectivity index (χ1) is 16.9. The third-order valence-electron chi connectivity index (χ3n) is 7.76. The lowest BCUT2D eigenvalue weighted by atomic mass is 9.61. The van der Waals surface area contributed by atoms with Crippen LogP contribution in [0.4, 0.5) is 14.6 Å². The Hall–Kier alpha value is -3.75. The van der Waals surface area contributed by atoms with Crippen LogP contribution in [0.5, 0.6) is 0 Å². The molecule has 7 rings (SSSR count). The Balaban J connectivity index is 1.50. The molecule has 3 N–H and O–H groups in total. The molecule has 3 aliphatic rings. The van der Waals surface area contributed by atoms with E-state index >= 15 is 0 Å². The SMILES string of the molecule is Cn1c(-c2c[nH]c3ncc(F)cc23)nc(NC2C3CCC(CC3)[C@@H]2C(=O)O)c1-c1ccc(F)cc1. The number of imidazole rings is 1. The molecule has 0 spiro atoms. The zero-order valence-corrected chi connectivity index (χ0v) is 19.1. The van der Waals surface area contributed by atoms with Gasteiger partial charge in [-0.25, -0.2) is 18.7 Å². The highest BCUT2D eigenvalue weighted by Crippen LogP contribution is 2.47. The number of hydrogen-bond acceptors (Lipinski definition) is 4. The van der Waals surface area contributed by atoms with E-state index in [0.717, 1.165) is 37.4 Å². The van der Waals surface area contributed by atoms with Crippen molar-refractivity contribution in [3.8, 4) is 22.6 Å². The number of aromatic amines is 1. The molecule has 9 heteroatoms. The number of nitrogens with zero attached hydrogens (tertiary/aromatic N) is 3. The van der Waals surface area contributed by atoms with Gasteiger partial charge >= 0.3 is 5.97 Å². The third kappa shape index (κ3) is 3.57. The van der Waals surface area contributed by atoms with Gasteiger partial charge in [0.2, 0.25) is 0 Å². The zero-order valence-electron chi connectivity index (χ0n) is 19.1. The molecule has 4 aromatic rings. The molecule has 180 valence electrons. The van der Waals surface area contributed by atoms with E-state index in [4.69, 9.17) is 4.98 Å². The van der Waals surface area contributed by atoms with E-state index in [2.05, 4.69) is 15.3 Å². The average Bonchev–Trinajstić information content (AvgIpc) is 3.40. The standard InChI is InChI=1S/C26H25F2N5O2/c1-33-22(15-6-8-16(27)9-7-15)24(31-21-14-4-2-13(3-5-14)20(21)26(34)35)32-25(33)19-12-30-23-18(19)10-17(28)11-29-23/h6-14,20-21,31H,2-5H2,1H3,(H,29,30)(H,34,35)/t13?,14?,20-,21?/m0/s1. The van der Waals surface area contributed by atoms with Crippen molar-refractivity contribution in [1.29, 1.82) is 0 Å². The first kappa shape index (κ1) is 21.8. The van der Waals surface area contributed by atoms with Gasteiger partial charge in [-0.3, -0.25) is 4.79 Å². The smallest absolute Gasteiger partial charge is 0.308 e. The summed E-state index contributed by atoms with van der Waals surface area (Å²) >= 11 is 0. The lowest BCUT2D eigenvalue weighted by Gasteiger charge is -2.47. The van der Waals surface area contributed by atoms with Gasteiger partial charge in [-0.05, 0) is 67.9 Å². The maximum Gasteiger partial charge on any atom is 0.308 e. The van der Waals surface area contributed by atoms with Gasteiger partial charge in [0.25, 0.3) is 0 Å². The van der Waals surface area contributed by atoms with Crippen LogP contribution in [0.3, 0.4) is 0 Å². The Morgan fingerprint density at radius 3 is 2.54 bits per heavy atom. The number of anilines is 1. The molecule has 0 aliphatic heterocycles. The van der Waals surface area contributed by atoms with Gasteiger partial charge in [-0.15, -0.1) is 0 Å².